The summed E-state index contributed by atoms with van der Waals surface area (Å²) in [5.74, 6) is -1.41. The van der Waals surface area contributed by atoms with Crippen molar-refractivity contribution in [2.24, 2.45) is 5.10 Å². The number of amides is 2. The van der Waals surface area contributed by atoms with Gasteiger partial charge in [0.2, 0.25) is 0 Å². The summed E-state index contributed by atoms with van der Waals surface area (Å²) in [6.45, 7) is 0. The third kappa shape index (κ3) is 7.96. The first kappa shape index (κ1) is 19.2. The van der Waals surface area contributed by atoms with E-state index in [2.05, 4.69) is 15.8 Å². The van der Waals surface area contributed by atoms with E-state index in [1.165, 1.54) is 44.9 Å². The highest BCUT2D eigenvalue weighted by molar-refractivity contribution is 6.39. The summed E-state index contributed by atoms with van der Waals surface area (Å²) in [4.78, 5) is 23.8. The Bertz CT molecular complexity index is 556. The number of benzene rings is 1. The first-order valence-electron chi connectivity index (χ1n) is 9.47. The fourth-order valence-electron chi connectivity index (χ4n) is 3.02. The van der Waals surface area contributed by atoms with E-state index in [0.717, 1.165) is 31.4 Å². The minimum Gasteiger partial charge on any atom is -0.318 e. The highest BCUT2D eigenvalue weighted by atomic mass is 16.2. The molecule has 0 spiro atoms. The summed E-state index contributed by atoms with van der Waals surface area (Å²) in [6, 6.07) is 8.94. The molecule has 0 aliphatic heterocycles. The summed E-state index contributed by atoms with van der Waals surface area (Å²) in [5.41, 5.74) is 4.02. The van der Waals surface area contributed by atoms with Crippen molar-refractivity contribution in [1.82, 2.24) is 5.43 Å². The van der Waals surface area contributed by atoms with Gasteiger partial charge < -0.3 is 5.32 Å². The average Bonchev–Trinajstić information content (AvgIpc) is 2.62. The maximum Gasteiger partial charge on any atom is 0.329 e. The maximum atomic E-state index is 11.9. The van der Waals surface area contributed by atoms with E-state index >= 15 is 0 Å². The van der Waals surface area contributed by atoms with E-state index in [1.807, 2.05) is 6.07 Å². The lowest BCUT2D eigenvalue weighted by molar-refractivity contribution is -0.136. The number of carbonyl (C=O) groups is 2. The average molecular weight is 343 g/mol. The fourth-order valence-corrected chi connectivity index (χ4v) is 3.02. The first-order chi connectivity index (χ1) is 12.3. The largest absolute Gasteiger partial charge is 0.329 e. The van der Waals surface area contributed by atoms with Crippen molar-refractivity contribution >= 4 is 23.2 Å². The zero-order chi connectivity index (χ0) is 17.7. The number of hydrogen-bond donors (Lipinski definition) is 2. The molecule has 5 nitrogen and oxygen atoms in total. The predicted molar refractivity (Wildman–Crippen MR) is 101 cm³/mol. The van der Waals surface area contributed by atoms with Crippen molar-refractivity contribution < 1.29 is 9.59 Å². The van der Waals surface area contributed by atoms with Gasteiger partial charge in [0, 0.05) is 11.4 Å². The van der Waals surface area contributed by atoms with Gasteiger partial charge in [-0.05, 0) is 37.8 Å². The van der Waals surface area contributed by atoms with Crippen LogP contribution >= 0.6 is 0 Å². The Labute approximate surface area is 150 Å². The van der Waals surface area contributed by atoms with Gasteiger partial charge in [0.1, 0.15) is 0 Å². The molecule has 1 aliphatic carbocycles. The molecular weight excluding hydrogens is 314 g/mol. The molecule has 2 amide bonds. The second-order valence-electron chi connectivity index (χ2n) is 6.62. The summed E-state index contributed by atoms with van der Waals surface area (Å²) in [6.07, 6.45) is 13.0. The monoisotopic (exact) mass is 343 g/mol. The second-order valence-corrected chi connectivity index (χ2v) is 6.62. The zero-order valence-electron chi connectivity index (χ0n) is 14.9. The van der Waals surface area contributed by atoms with Crippen molar-refractivity contribution in [2.75, 3.05) is 5.32 Å². The number of anilines is 1. The zero-order valence-corrected chi connectivity index (χ0v) is 14.9. The number of hydrazone groups is 1. The summed E-state index contributed by atoms with van der Waals surface area (Å²) in [7, 11) is 0. The maximum absolute atomic E-state index is 11.9. The van der Waals surface area contributed by atoms with E-state index in [0.29, 0.717) is 5.69 Å². The van der Waals surface area contributed by atoms with Gasteiger partial charge >= 0.3 is 11.8 Å². The molecule has 0 bridgehead atoms. The van der Waals surface area contributed by atoms with Gasteiger partial charge in [-0.15, -0.1) is 0 Å². The number of hydrogen-bond acceptors (Lipinski definition) is 3. The van der Waals surface area contributed by atoms with Crippen molar-refractivity contribution in [1.29, 1.82) is 0 Å². The Morgan fingerprint density at radius 1 is 0.720 bits per heavy atom. The molecule has 2 N–H and O–H groups in total. The predicted octanol–water partition coefficient (Wildman–Crippen LogP) is 4.40. The number of nitrogens with one attached hydrogen (secondary N) is 2. The van der Waals surface area contributed by atoms with Crippen LogP contribution in [0.1, 0.15) is 70.6 Å². The van der Waals surface area contributed by atoms with Gasteiger partial charge in [-0.3, -0.25) is 9.59 Å². The molecule has 5 heteroatoms. The lowest BCUT2D eigenvalue weighted by atomic mass is 10.00. The highest BCUT2D eigenvalue weighted by Crippen LogP contribution is 2.15. The van der Waals surface area contributed by atoms with Crippen molar-refractivity contribution in [2.45, 2.75) is 70.6 Å². The van der Waals surface area contributed by atoms with E-state index in [1.54, 1.807) is 24.3 Å². The molecule has 0 saturated heterocycles. The SMILES string of the molecule is O=C(NN=C1CCCCCCCCCCC1)C(=O)Nc1ccccc1. The molecule has 0 radical (unpaired) electrons. The molecule has 136 valence electrons. The number of carbonyl (C=O) groups excluding carboxylic acids is 2. The first-order valence-corrected chi connectivity index (χ1v) is 9.47. The minimum atomic E-state index is -0.720. The van der Waals surface area contributed by atoms with Crippen LogP contribution in [0.4, 0.5) is 5.69 Å². The standard InChI is InChI=1S/C20H29N3O2/c24-19(21-17-13-11-8-12-14-17)20(25)23-22-18-15-9-6-4-2-1-3-5-7-10-16-18/h8,11-14H,1-7,9-10,15-16H2,(H,21,24)(H,23,25). The number of rotatable bonds is 2. The third-order valence-electron chi connectivity index (χ3n) is 4.48. The van der Waals surface area contributed by atoms with E-state index in [9.17, 15) is 9.59 Å². The molecular formula is C20H29N3O2. The Balaban J connectivity index is 1.83. The van der Waals surface area contributed by atoms with Gasteiger partial charge in [0.25, 0.3) is 0 Å². The van der Waals surface area contributed by atoms with Gasteiger partial charge in [-0.25, -0.2) is 5.43 Å². The van der Waals surface area contributed by atoms with Gasteiger partial charge in [-0.1, -0.05) is 63.1 Å². The molecule has 1 aromatic carbocycles. The molecule has 0 heterocycles. The van der Waals surface area contributed by atoms with Crippen LogP contribution in [0.25, 0.3) is 0 Å². The van der Waals surface area contributed by atoms with E-state index < -0.39 is 11.8 Å². The van der Waals surface area contributed by atoms with Gasteiger partial charge in [0.15, 0.2) is 0 Å². The van der Waals surface area contributed by atoms with Crippen LogP contribution < -0.4 is 10.7 Å². The Morgan fingerprint density at radius 3 is 1.80 bits per heavy atom. The lowest BCUT2D eigenvalue weighted by Crippen LogP contribution is -2.33. The lowest BCUT2D eigenvalue weighted by Gasteiger charge is -2.10. The Morgan fingerprint density at radius 2 is 1.24 bits per heavy atom. The molecule has 1 fully saturated rings. The molecule has 2 rings (SSSR count). The second kappa shape index (κ2) is 11.4. The van der Waals surface area contributed by atoms with E-state index in [4.69, 9.17) is 0 Å². The van der Waals surface area contributed by atoms with Crippen LogP contribution in [0, 0.1) is 0 Å². The van der Waals surface area contributed by atoms with Crippen LogP contribution in [-0.4, -0.2) is 17.5 Å². The summed E-state index contributed by atoms with van der Waals surface area (Å²) >= 11 is 0. The third-order valence-corrected chi connectivity index (χ3v) is 4.48. The number of para-hydroxylation sites is 1. The molecule has 1 aromatic rings. The van der Waals surface area contributed by atoms with Crippen LogP contribution in [0.15, 0.2) is 35.4 Å². The molecule has 1 aliphatic rings. The van der Waals surface area contributed by atoms with E-state index in [-0.39, 0.29) is 0 Å². The smallest absolute Gasteiger partial charge is 0.318 e. The molecule has 25 heavy (non-hydrogen) atoms. The van der Waals surface area contributed by atoms with Gasteiger partial charge in [0.05, 0.1) is 0 Å². The minimum absolute atomic E-state index is 0.598. The van der Waals surface area contributed by atoms with Crippen molar-refractivity contribution in [3.63, 3.8) is 0 Å². The molecule has 0 atom stereocenters. The van der Waals surface area contributed by atoms with Crippen LogP contribution in [-0.2, 0) is 9.59 Å². The Kier molecular flexibility index (Phi) is 8.73. The summed E-state index contributed by atoms with van der Waals surface area (Å²) in [5, 5.41) is 6.80. The number of nitrogens with zero attached hydrogens (tertiary/aromatic N) is 1. The van der Waals surface area contributed by atoms with Crippen molar-refractivity contribution in [3.8, 4) is 0 Å². The quantitative estimate of drug-likeness (QED) is 0.617. The fraction of sp³-hybridized carbons (Fsp3) is 0.550. The highest BCUT2D eigenvalue weighted by Gasteiger charge is 2.13. The van der Waals surface area contributed by atoms with Crippen LogP contribution in [0.5, 0.6) is 0 Å². The topological polar surface area (TPSA) is 70.6 Å². The molecule has 0 unspecified atom stereocenters. The normalized spacial score (nSPS) is 16.9. The molecule has 1 saturated carbocycles. The van der Waals surface area contributed by atoms with Crippen LogP contribution in [0.3, 0.4) is 0 Å². The molecule has 0 aromatic heterocycles. The van der Waals surface area contributed by atoms with Gasteiger partial charge in [-0.2, -0.15) is 5.10 Å². The van der Waals surface area contributed by atoms with Crippen molar-refractivity contribution in [3.05, 3.63) is 30.3 Å². The Hall–Kier alpha value is -2.17. The van der Waals surface area contributed by atoms with Crippen LogP contribution in [0.2, 0.25) is 0 Å². The summed E-state index contributed by atoms with van der Waals surface area (Å²) < 4.78 is 0.